The van der Waals surface area contributed by atoms with Crippen LogP contribution in [0.4, 0.5) is 0 Å². The number of rotatable bonds is 8. The summed E-state index contributed by atoms with van der Waals surface area (Å²) in [7, 11) is 1.59. The van der Waals surface area contributed by atoms with Crippen LogP contribution in [0.1, 0.15) is 50.8 Å². The largest absolute Gasteiger partial charge is 0.483 e. The molecule has 1 N–H and O–H groups in total. The third-order valence-electron chi connectivity index (χ3n) is 5.38. The molecule has 2 aromatic rings. The first-order valence-electron chi connectivity index (χ1n) is 10.6. The van der Waals surface area contributed by atoms with Crippen LogP contribution in [0, 0.1) is 6.92 Å². The van der Waals surface area contributed by atoms with Crippen molar-refractivity contribution in [3.63, 3.8) is 0 Å². The van der Waals surface area contributed by atoms with Gasteiger partial charge in [0.2, 0.25) is 5.91 Å². The monoisotopic (exact) mass is 488 g/mol. The molecule has 168 valence electrons. The molecule has 0 saturated heterocycles. The van der Waals surface area contributed by atoms with Gasteiger partial charge in [-0.3, -0.25) is 9.59 Å². The summed E-state index contributed by atoms with van der Waals surface area (Å²) in [5.74, 6) is 0.191. The van der Waals surface area contributed by atoms with Crippen molar-refractivity contribution in [3.05, 3.63) is 63.6 Å². The number of ether oxygens (including phenoxy) is 1. The number of hydrogen-bond acceptors (Lipinski definition) is 3. The highest BCUT2D eigenvalue weighted by atomic mass is 79.9. The standard InChI is InChI=1S/C25H33BrN2O3/c1-7-21(24(30)27-6)28(15-18-11-9-8-10-17(18)2)23(29)16-31-22-13-12-19(14-20(22)26)25(3,4)5/h8-14,21H,7,15-16H2,1-6H3,(H,27,30). The summed E-state index contributed by atoms with van der Waals surface area (Å²) in [6, 6.07) is 13.2. The molecule has 0 aromatic heterocycles. The molecule has 1 atom stereocenters. The molecular weight excluding hydrogens is 456 g/mol. The maximum Gasteiger partial charge on any atom is 0.261 e. The quantitative estimate of drug-likeness (QED) is 0.569. The Morgan fingerprint density at radius 3 is 2.39 bits per heavy atom. The molecule has 31 heavy (non-hydrogen) atoms. The maximum absolute atomic E-state index is 13.2. The highest BCUT2D eigenvalue weighted by molar-refractivity contribution is 9.10. The van der Waals surface area contributed by atoms with Gasteiger partial charge in [0.05, 0.1) is 4.47 Å². The first kappa shape index (κ1) is 24.9. The maximum atomic E-state index is 13.2. The SMILES string of the molecule is CCC(C(=O)NC)N(Cc1ccccc1C)C(=O)COc1ccc(C(C)(C)C)cc1Br. The lowest BCUT2D eigenvalue weighted by atomic mass is 9.87. The van der Waals surface area contributed by atoms with Gasteiger partial charge >= 0.3 is 0 Å². The van der Waals surface area contributed by atoms with E-state index in [1.165, 1.54) is 5.56 Å². The fourth-order valence-electron chi connectivity index (χ4n) is 3.36. The molecule has 0 bridgehead atoms. The van der Waals surface area contributed by atoms with Gasteiger partial charge in [0, 0.05) is 13.6 Å². The summed E-state index contributed by atoms with van der Waals surface area (Å²) in [5.41, 5.74) is 3.27. The molecule has 0 aliphatic carbocycles. The smallest absolute Gasteiger partial charge is 0.261 e. The van der Waals surface area contributed by atoms with Crippen molar-refractivity contribution in [2.75, 3.05) is 13.7 Å². The molecular formula is C25H33BrN2O3. The summed E-state index contributed by atoms with van der Waals surface area (Å²) in [6.07, 6.45) is 0.515. The number of carbonyl (C=O) groups excluding carboxylic acids is 2. The second kappa shape index (κ2) is 10.8. The van der Waals surface area contributed by atoms with E-state index in [4.69, 9.17) is 4.74 Å². The van der Waals surface area contributed by atoms with E-state index in [9.17, 15) is 9.59 Å². The third kappa shape index (κ3) is 6.57. The van der Waals surface area contributed by atoms with Gasteiger partial charge in [-0.25, -0.2) is 0 Å². The normalized spacial score (nSPS) is 12.2. The highest BCUT2D eigenvalue weighted by Crippen LogP contribution is 2.31. The number of nitrogens with zero attached hydrogens (tertiary/aromatic N) is 1. The predicted molar refractivity (Wildman–Crippen MR) is 128 cm³/mol. The Hall–Kier alpha value is -2.34. The van der Waals surface area contributed by atoms with Crippen LogP contribution in [0.15, 0.2) is 46.9 Å². The number of likely N-dealkylation sites (N-methyl/N-ethyl adjacent to an activating group) is 1. The van der Waals surface area contributed by atoms with Gasteiger partial charge in [-0.2, -0.15) is 0 Å². The van der Waals surface area contributed by atoms with E-state index in [1.54, 1.807) is 11.9 Å². The van der Waals surface area contributed by atoms with Crippen LogP contribution in [0.5, 0.6) is 5.75 Å². The van der Waals surface area contributed by atoms with Crippen molar-refractivity contribution < 1.29 is 14.3 Å². The van der Waals surface area contributed by atoms with Crippen molar-refractivity contribution in [1.82, 2.24) is 10.2 Å². The van der Waals surface area contributed by atoms with Gasteiger partial charge in [-0.15, -0.1) is 0 Å². The lowest BCUT2D eigenvalue weighted by Gasteiger charge is -2.30. The number of aryl methyl sites for hydroxylation is 1. The van der Waals surface area contributed by atoms with Crippen LogP contribution in [0.25, 0.3) is 0 Å². The number of nitrogens with one attached hydrogen (secondary N) is 1. The Kier molecular flexibility index (Phi) is 8.69. The zero-order valence-corrected chi connectivity index (χ0v) is 20.9. The second-order valence-electron chi connectivity index (χ2n) is 8.67. The average Bonchev–Trinajstić information content (AvgIpc) is 2.72. The van der Waals surface area contributed by atoms with E-state index in [1.807, 2.05) is 56.3 Å². The Bertz CT molecular complexity index is 921. The van der Waals surface area contributed by atoms with E-state index in [2.05, 4.69) is 42.0 Å². The molecule has 0 radical (unpaired) electrons. The van der Waals surface area contributed by atoms with Crippen molar-refractivity contribution in [1.29, 1.82) is 0 Å². The van der Waals surface area contributed by atoms with Crippen molar-refractivity contribution >= 4 is 27.7 Å². The number of benzene rings is 2. The molecule has 6 heteroatoms. The Morgan fingerprint density at radius 1 is 1.16 bits per heavy atom. The Morgan fingerprint density at radius 2 is 1.84 bits per heavy atom. The van der Waals surface area contributed by atoms with E-state index in [0.717, 1.165) is 15.6 Å². The van der Waals surface area contributed by atoms with Gasteiger partial charge in [0.25, 0.3) is 5.91 Å². The van der Waals surface area contributed by atoms with E-state index in [-0.39, 0.29) is 23.8 Å². The van der Waals surface area contributed by atoms with Crippen LogP contribution in [0.3, 0.4) is 0 Å². The van der Waals surface area contributed by atoms with Gasteiger partial charge in [0.1, 0.15) is 11.8 Å². The van der Waals surface area contributed by atoms with E-state index in [0.29, 0.717) is 18.7 Å². The number of hydrogen-bond donors (Lipinski definition) is 1. The first-order chi connectivity index (χ1) is 14.6. The van der Waals surface area contributed by atoms with Crippen LogP contribution < -0.4 is 10.1 Å². The highest BCUT2D eigenvalue weighted by Gasteiger charge is 2.28. The molecule has 2 amide bonds. The Labute approximate surface area is 194 Å². The minimum absolute atomic E-state index is 0.0169. The van der Waals surface area contributed by atoms with Crippen LogP contribution in [0.2, 0.25) is 0 Å². The van der Waals surface area contributed by atoms with Crippen molar-refractivity contribution in [3.8, 4) is 5.75 Å². The van der Waals surface area contributed by atoms with Crippen molar-refractivity contribution in [2.24, 2.45) is 0 Å². The molecule has 0 fully saturated rings. The van der Waals surface area contributed by atoms with Gasteiger partial charge in [-0.05, 0) is 63.5 Å². The van der Waals surface area contributed by atoms with E-state index < -0.39 is 6.04 Å². The van der Waals surface area contributed by atoms with Gasteiger partial charge < -0.3 is 15.0 Å². The molecule has 2 aromatic carbocycles. The number of amides is 2. The molecule has 1 unspecified atom stereocenters. The average molecular weight is 489 g/mol. The first-order valence-corrected chi connectivity index (χ1v) is 11.4. The number of carbonyl (C=O) groups is 2. The zero-order chi connectivity index (χ0) is 23.2. The minimum Gasteiger partial charge on any atom is -0.483 e. The topological polar surface area (TPSA) is 58.6 Å². The van der Waals surface area contributed by atoms with Gasteiger partial charge in [0.15, 0.2) is 6.61 Å². The minimum atomic E-state index is -0.563. The molecule has 5 nitrogen and oxygen atoms in total. The van der Waals surface area contributed by atoms with Crippen molar-refractivity contribution in [2.45, 2.75) is 59.0 Å². The summed E-state index contributed by atoms with van der Waals surface area (Å²) < 4.78 is 6.66. The van der Waals surface area contributed by atoms with Crippen LogP contribution in [-0.2, 0) is 21.5 Å². The molecule has 2 rings (SSSR count). The van der Waals surface area contributed by atoms with E-state index >= 15 is 0 Å². The van der Waals surface area contributed by atoms with Crippen LogP contribution in [-0.4, -0.2) is 36.4 Å². The molecule has 0 spiro atoms. The summed E-state index contributed by atoms with van der Waals surface area (Å²) in [5, 5.41) is 2.67. The summed E-state index contributed by atoms with van der Waals surface area (Å²) in [6.45, 7) is 10.5. The fraction of sp³-hybridized carbons (Fsp3) is 0.440. The fourth-order valence-corrected chi connectivity index (χ4v) is 3.86. The lowest BCUT2D eigenvalue weighted by Crippen LogP contribution is -2.49. The summed E-state index contributed by atoms with van der Waals surface area (Å²) in [4.78, 5) is 27.3. The predicted octanol–water partition coefficient (Wildman–Crippen LogP) is 4.99. The third-order valence-corrected chi connectivity index (χ3v) is 6.00. The lowest BCUT2D eigenvalue weighted by molar-refractivity contribution is -0.142. The van der Waals surface area contributed by atoms with Gasteiger partial charge in [-0.1, -0.05) is 58.0 Å². The molecule has 0 saturated carbocycles. The van der Waals surface area contributed by atoms with Crippen LogP contribution >= 0.6 is 15.9 Å². The molecule has 0 aliphatic rings. The second-order valence-corrected chi connectivity index (χ2v) is 9.52. The molecule has 0 aliphatic heterocycles. The number of halogens is 1. The Balaban J connectivity index is 2.23. The summed E-state index contributed by atoms with van der Waals surface area (Å²) >= 11 is 3.55. The zero-order valence-electron chi connectivity index (χ0n) is 19.3. The molecule has 0 heterocycles.